The molecule has 6 heteroatoms. The average Bonchev–Trinajstić information content (AvgIpc) is 2.58. The standard InChI is InChI=1S/C18H25N3O3/c1-13-6-5-7-15(14(13)2)19-16(23)18(3,4)17(24)21-10-8-20(12-22)9-11-21/h5-7,12H,8-11H2,1-4H3,(H,19,23). The molecule has 1 aromatic carbocycles. The lowest BCUT2D eigenvalue weighted by Gasteiger charge is -2.36. The van der Waals surface area contributed by atoms with Crippen LogP contribution in [0.4, 0.5) is 5.69 Å². The average molecular weight is 331 g/mol. The molecule has 1 aliphatic rings. The summed E-state index contributed by atoms with van der Waals surface area (Å²) in [6, 6.07) is 5.70. The van der Waals surface area contributed by atoms with E-state index >= 15 is 0 Å². The molecule has 6 nitrogen and oxygen atoms in total. The number of carbonyl (C=O) groups is 3. The van der Waals surface area contributed by atoms with E-state index in [1.165, 1.54) is 0 Å². The summed E-state index contributed by atoms with van der Waals surface area (Å²) in [5, 5.41) is 2.88. The van der Waals surface area contributed by atoms with Gasteiger partial charge in [-0.15, -0.1) is 0 Å². The third kappa shape index (κ3) is 3.58. The Morgan fingerprint density at radius 2 is 1.75 bits per heavy atom. The van der Waals surface area contributed by atoms with Crippen LogP contribution >= 0.6 is 0 Å². The van der Waals surface area contributed by atoms with Crippen molar-refractivity contribution in [3.63, 3.8) is 0 Å². The number of hydrogen-bond acceptors (Lipinski definition) is 3. The summed E-state index contributed by atoms with van der Waals surface area (Å²) in [6.07, 6.45) is 0.792. The van der Waals surface area contributed by atoms with Gasteiger partial charge in [-0.1, -0.05) is 12.1 Å². The quantitative estimate of drug-likeness (QED) is 0.672. The molecule has 0 aliphatic carbocycles. The zero-order valence-electron chi connectivity index (χ0n) is 14.8. The van der Waals surface area contributed by atoms with Crippen LogP contribution in [-0.2, 0) is 14.4 Å². The van der Waals surface area contributed by atoms with E-state index in [1.54, 1.807) is 23.6 Å². The summed E-state index contributed by atoms with van der Waals surface area (Å²) in [4.78, 5) is 39.5. The maximum atomic E-state index is 12.8. The van der Waals surface area contributed by atoms with Crippen LogP contribution in [0.2, 0.25) is 0 Å². The molecule has 2 rings (SSSR count). The van der Waals surface area contributed by atoms with Crippen molar-refractivity contribution in [2.75, 3.05) is 31.5 Å². The maximum absolute atomic E-state index is 12.8. The topological polar surface area (TPSA) is 69.7 Å². The van der Waals surface area contributed by atoms with Crippen molar-refractivity contribution >= 4 is 23.9 Å². The summed E-state index contributed by atoms with van der Waals surface area (Å²) in [6.45, 7) is 9.12. The van der Waals surface area contributed by atoms with E-state index in [9.17, 15) is 14.4 Å². The van der Waals surface area contributed by atoms with Crippen molar-refractivity contribution in [2.45, 2.75) is 27.7 Å². The molecule has 0 spiro atoms. The normalized spacial score (nSPS) is 15.2. The van der Waals surface area contributed by atoms with Crippen molar-refractivity contribution in [1.29, 1.82) is 0 Å². The van der Waals surface area contributed by atoms with Gasteiger partial charge >= 0.3 is 0 Å². The highest BCUT2D eigenvalue weighted by molar-refractivity contribution is 6.10. The molecule has 0 aromatic heterocycles. The molecule has 1 fully saturated rings. The molecule has 0 unspecified atom stereocenters. The van der Waals surface area contributed by atoms with Crippen molar-refractivity contribution in [2.24, 2.45) is 5.41 Å². The highest BCUT2D eigenvalue weighted by Gasteiger charge is 2.40. The number of nitrogens with zero attached hydrogens (tertiary/aromatic N) is 2. The van der Waals surface area contributed by atoms with Gasteiger partial charge in [0.05, 0.1) is 0 Å². The monoisotopic (exact) mass is 331 g/mol. The molecule has 1 N–H and O–H groups in total. The first kappa shape index (κ1) is 18.0. The van der Waals surface area contributed by atoms with Crippen molar-refractivity contribution in [1.82, 2.24) is 9.80 Å². The number of nitrogens with one attached hydrogen (secondary N) is 1. The molecule has 0 radical (unpaired) electrons. The Kier molecular flexibility index (Phi) is 5.26. The SMILES string of the molecule is Cc1cccc(NC(=O)C(C)(C)C(=O)N2CCN(C=O)CC2)c1C. The first-order valence-electron chi connectivity index (χ1n) is 8.13. The number of amides is 3. The second-order valence-corrected chi connectivity index (χ2v) is 6.76. The molecule has 1 aliphatic heterocycles. The Labute approximate surface area is 142 Å². The van der Waals surface area contributed by atoms with Crippen LogP contribution in [0, 0.1) is 19.3 Å². The van der Waals surface area contributed by atoms with E-state index in [0.717, 1.165) is 23.2 Å². The summed E-state index contributed by atoms with van der Waals surface area (Å²) in [7, 11) is 0. The van der Waals surface area contributed by atoms with Gasteiger partial charge in [-0.2, -0.15) is 0 Å². The van der Waals surface area contributed by atoms with Gasteiger partial charge in [0, 0.05) is 31.9 Å². The van der Waals surface area contributed by atoms with E-state index in [-0.39, 0.29) is 11.8 Å². The Morgan fingerprint density at radius 1 is 1.12 bits per heavy atom. The minimum absolute atomic E-state index is 0.212. The molecular weight excluding hydrogens is 306 g/mol. The Bertz CT molecular complexity index is 647. The maximum Gasteiger partial charge on any atom is 0.239 e. The summed E-state index contributed by atoms with van der Waals surface area (Å²) in [5.74, 6) is -0.533. The largest absolute Gasteiger partial charge is 0.342 e. The smallest absolute Gasteiger partial charge is 0.239 e. The summed E-state index contributed by atoms with van der Waals surface area (Å²) < 4.78 is 0. The van der Waals surface area contributed by atoms with E-state index in [4.69, 9.17) is 0 Å². The fourth-order valence-electron chi connectivity index (χ4n) is 2.69. The number of piperazine rings is 1. The third-order valence-corrected chi connectivity index (χ3v) is 4.71. The number of hydrogen-bond donors (Lipinski definition) is 1. The second-order valence-electron chi connectivity index (χ2n) is 6.76. The second kappa shape index (κ2) is 7.03. The first-order chi connectivity index (χ1) is 11.3. The van der Waals surface area contributed by atoms with Gasteiger partial charge in [0.25, 0.3) is 0 Å². The lowest BCUT2D eigenvalue weighted by atomic mass is 9.89. The molecule has 1 aromatic rings. The van der Waals surface area contributed by atoms with Crippen molar-refractivity contribution in [3.8, 4) is 0 Å². The molecule has 130 valence electrons. The van der Waals surface area contributed by atoms with Gasteiger partial charge in [0.15, 0.2) is 0 Å². The minimum Gasteiger partial charge on any atom is -0.342 e. The highest BCUT2D eigenvalue weighted by atomic mass is 16.2. The van der Waals surface area contributed by atoms with E-state index in [1.807, 2.05) is 32.0 Å². The number of carbonyl (C=O) groups excluding carboxylic acids is 3. The Hall–Kier alpha value is -2.37. The van der Waals surface area contributed by atoms with Crippen LogP contribution in [0.1, 0.15) is 25.0 Å². The van der Waals surface area contributed by atoms with Crippen LogP contribution in [-0.4, -0.2) is 54.2 Å². The molecule has 1 saturated heterocycles. The summed E-state index contributed by atoms with van der Waals surface area (Å²) >= 11 is 0. The number of aryl methyl sites for hydroxylation is 1. The molecule has 1 heterocycles. The zero-order valence-corrected chi connectivity index (χ0v) is 14.8. The van der Waals surface area contributed by atoms with Gasteiger partial charge in [-0.25, -0.2) is 0 Å². The fourth-order valence-corrected chi connectivity index (χ4v) is 2.69. The molecule has 0 saturated carbocycles. The number of benzene rings is 1. The predicted octanol–water partition coefficient (Wildman–Crippen LogP) is 1.57. The number of rotatable bonds is 4. The highest BCUT2D eigenvalue weighted by Crippen LogP contribution is 2.25. The zero-order chi connectivity index (χ0) is 17.9. The van der Waals surface area contributed by atoms with Gasteiger partial charge in [-0.3, -0.25) is 14.4 Å². The van der Waals surface area contributed by atoms with Gasteiger partial charge < -0.3 is 15.1 Å². The van der Waals surface area contributed by atoms with Crippen LogP contribution < -0.4 is 5.32 Å². The number of anilines is 1. The van der Waals surface area contributed by atoms with Crippen LogP contribution in [0.5, 0.6) is 0 Å². The van der Waals surface area contributed by atoms with Crippen LogP contribution in [0.15, 0.2) is 18.2 Å². The van der Waals surface area contributed by atoms with E-state index < -0.39 is 5.41 Å². The minimum atomic E-state index is -1.17. The molecule has 3 amide bonds. The van der Waals surface area contributed by atoms with Crippen LogP contribution in [0.3, 0.4) is 0 Å². The van der Waals surface area contributed by atoms with Crippen molar-refractivity contribution in [3.05, 3.63) is 29.3 Å². The lowest BCUT2D eigenvalue weighted by molar-refractivity contribution is -0.148. The fraction of sp³-hybridized carbons (Fsp3) is 0.500. The lowest BCUT2D eigenvalue weighted by Crippen LogP contribution is -2.54. The van der Waals surface area contributed by atoms with Gasteiger partial charge in [0.2, 0.25) is 18.2 Å². The Morgan fingerprint density at radius 3 is 2.33 bits per heavy atom. The molecule has 0 bridgehead atoms. The van der Waals surface area contributed by atoms with Gasteiger partial charge in [-0.05, 0) is 44.9 Å². The van der Waals surface area contributed by atoms with Gasteiger partial charge in [0.1, 0.15) is 5.41 Å². The third-order valence-electron chi connectivity index (χ3n) is 4.71. The van der Waals surface area contributed by atoms with Crippen LogP contribution in [0.25, 0.3) is 0 Å². The Balaban J connectivity index is 2.08. The first-order valence-corrected chi connectivity index (χ1v) is 8.13. The predicted molar refractivity (Wildman–Crippen MR) is 92.5 cm³/mol. The molecular formula is C18H25N3O3. The van der Waals surface area contributed by atoms with E-state index in [2.05, 4.69) is 5.32 Å². The molecule has 24 heavy (non-hydrogen) atoms. The van der Waals surface area contributed by atoms with Crippen molar-refractivity contribution < 1.29 is 14.4 Å². The molecule has 0 atom stereocenters. The van der Waals surface area contributed by atoms with E-state index in [0.29, 0.717) is 26.2 Å². The summed E-state index contributed by atoms with van der Waals surface area (Å²) in [5.41, 5.74) is 1.64.